The summed E-state index contributed by atoms with van der Waals surface area (Å²) in [4.78, 5) is 42.5. The third-order valence-corrected chi connectivity index (χ3v) is 6.49. The summed E-state index contributed by atoms with van der Waals surface area (Å²) in [5, 5.41) is 0. The molecule has 5 rings (SSSR count). The zero-order valence-electron chi connectivity index (χ0n) is 15.1. The number of hydrogen-bond acceptors (Lipinski definition) is 4. The molecule has 28 heavy (non-hydrogen) atoms. The molecule has 3 aliphatic heterocycles. The lowest BCUT2D eigenvalue weighted by Crippen LogP contribution is -2.43. The van der Waals surface area contributed by atoms with Gasteiger partial charge in [0.05, 0.1) is 29.6 Å². The third-order valence-electron chi connectivity index (χ3n) is 5.96. The average Bonchev–Trinajstić information content (AvgIpc) is 3.16. The molecule has 2 saturated heterocycles. The van der Waals surface area contributed by atoms with Gasteiger partial charge in [-0.05, 0) is 48.4 Å². The average molecular weight is 437 g/mol. The van der Waals surface area contributed by atoms with Crippen LogP contribution in [-0.2, 0) is 14.4 Å². The van der Waals surface area contributed by atoms with Crippen molar-refractivity contribution >= 4 is 45.3 Å². The summed E-state index contributed by atoms with van der Waals surface area (Å²) in [5.74, 6) is -1.87. The van der Waals surface area contributed by atoms with Gasteiger partial charge in [-0.25, -0.2) is 4.90 Å². The van der Waals surface area contributed by atoms with Gasteiger partial charge in [0, 0.05) is 10.7 Å². The molecule has 4 atom stereocenters. The van der Waals surface area contributed by atoms with Gasteiger partial charge < -0.3 is 4.90 Å². The van der Waals surface area contributed by atoms with Crippen LogP contribution < -0.4 is 4.90 Å². The summed E-state index contributed by atoms with van der Waals surface area (Å²) in [6.45, 7) is 1.50. The van der Waals surface area contributed by atoms with Crippen LogP contribution in [0.3, 0.4) is 0 Å². The van der Waals surface area contributed by atoms with Crippen LogP contribution in [-0.4, -0.2) is 28.5 Å². The standard InChI is InChI=1S/C22H17BrN2O3/c1-12(26)19-17-18(20-16-5-3-2-4-13(16)10-11-24(19)20)22(28)25(21(17)27)15-8-6-14(23)7-9-15/h2-11,17-20H,1H3/t17-,18+,19-,20-/m1/s1. The van der Waals surface area contributed by atoms with Gasteiger partial charge in [0.1, 0.15) is 0 Å². The number of benzene rings is 2. The topological polar surface area (TPSA) is 57.7 Å². The molecular weight excluding hydrogens is 420 g/mol. The largest absolute Gasteiger partial charge is 0.359 e. The smallest absolute Gasteiger partial charge is 0.240 e. The number of Topliss-reactive ketones (excluding diaryl/α,β-unsaturated/α-hetero) is 1. The summed E-state index contributed by atoms with van der Waals surface area (Å²) >= 11 is 3.38. The fourth-order valence-electron chi connectivity index (χ4n) is 4.87. The number of rotatable bonds is 2. The second kappa shape index (κ2) is 6.14. The fourth-order valence-corrected chi connectivity index (χ4v) is 5.13. The number of ketones is 1. The highest BCUT2D eigenvalue weighted by atomic mass is 79.9. The van der Waals surface area contributed by atoms with E-state index in [1.807, 2.05) is 41.4 Å². The zero-order valence-corrected chi connectivity index (χ0v) is 16.7. The SMILES string of the molecule is CC(=O)[C@@H]1[C@@H]2C(=O)N(c3ccc(Br)cc3)C(=O)[C@@H]2[C@H]2c3ccccc3C=CN12. The van der Waals surface area contributed by atoms with Gasteiger partial charge in [-0.1, -0.05) is 40.2 Å². The van der Waals surface area contributed by atoms with Gasteiger partial charge in [0.15, 0.2) is 5.78 Å². The van der Waals surface area contributed by atoms with Crippen LogP contribution in [0.1, 0.15) is 24.1 Å². The van der Waals surface area contributed by atoms with Crippen molar-refractivity contribution in [3.8, 4) is 0 Å². The molecule has 2 aromatic rings. The van der Waals surface area contributed by atoms with Crippen LogP contribution >= 0.6 is 15.9 Å². The second-order valence-corrected chi connectivity index (χ2v) is 8.35. The van der Waals surface area contributed by atoms with E-state index in [1.54, 1.807) is 24.3 Å². The van der Waals surface area contributed by atoms with E-state index in [0.717, 1.165) is 15.6 Å². The molecule has 2 aromatic carbocycles. The highest BCUT2D eigenvalue weighted by Crippen LogP contribution is 2.53. The van der Waals surface area contributed by atoms with E-state index in [0.29, 0.717) is 5.69 Å². The van der Waals surface area contributed by atoms with E-state index in [-0.39, 0.29) is 23.6 Å². The molecule has 0 aliphatic carbocycles. The van der Waals surface area contributed by atoms with Crippen LogP contribution in [0.4, 0.5) is 5.69 Å². The van der Waals surface area contributed by atoms with Crippen LogP contribution in [0.5, 0.6) is 0 Å². The minimum Gasteiger partial charge on any atom is -0.359 e. The molecule has 6 heteroatoms. The Balaban J connectivity index is 1.65. The fraction of sp³-hybridized carbons (Fsp3) is 0.227. The number of carbonyl (C=O) groups excluding carboxylic acids is 3. The Morgan fingerprint density at radius 3 is 2.36 bits per heavy atom. The van der Waals surface area contributed by atoms with Crippen molar-refractivity contribution in [3.05, 3.63) is 70.3 Å². The van der Waals surface area contributed by atoms with Gasteiger partial charge in [0.25, 0.3) is 0 Å². The summed E-state index contributed by atoms with van der Waals surface area (Å²) in [7, 11) is 0. The minimum atomic E-state index is -0.672. The molecule has 2 amide bonds. The first kappa shape index (κ1) is 17.4. The lowest BCUT2D eigenvalue weighted by atomic mass is 9.84. The number of hydrogen-bond donors (Lipinski definition) is 0. The quantitative estimate of drug-likeness (QED) is 0.675. The van der Waals surface area contributed by atoms with Crippen LogP contribution in [0, 0.1) is 11.8 Å². The van der Waals surface area contributed by atoms with E-state index in [4.69, 9.17) is 0 Å². The van der Waals surface area contributed by atoms with Crippen molar-refractivity contribution in [1.29, 1.82) is 0 Å². The Hall–Kier alpha value is -2.73. The highest BCUT2D eigenvalue weighted by molar-refractivity contribution is 9.10. The van der Waals surface area contributed by atoms with Crippen molar-refractivity contribution in [2.45, 2.75) is 19.0 Å². The van der Waals surface area contributed by atoms with Gasteiger partial charge in [-0.15, -0.1) is 0 Å². The first-order valence-corrected chi connectivity index (χ1v) is 9.97. The predicted octanol–water partition coefficient (Wildman–Crippen LogP) is 3.55. The van der Waals surface area contributed by atoms with Crippen molar-refractivity contribution in [2.75, 3.05) is 4.90 Å². The molecule has 0 radical (unpaired) electrons. The van der Waals surface area contributed by atoms with E-state index < -0.39 is 17.9 Å². The molecule has 3 heterocycles. The Morgan fingerprint density at radius 1 is 0.964 bits per heavy atom. The van der Waals surface area contributed by atoms with Crippen LogP contribution in [0.25, 0.3) is 6.08 Å². The summed E-state index contributed by atoms with van der Waals surface area (Å²) in [5.41, 5.74) is 2.55. The molecule has 0 spiro atoms. The number of nitrogens with zero attached hydrogens (tertiary/aromatic N) is 2. The van der Waals surface area contributed by atoms with E-state index in [2.05, 4.69) is 15.9 Å². The molecule has 0 saturated carbocycles. The number of anilines is 1. The van der Waals surface area contributed by atoms with E-state index in [1.165, 1.54) is 11.8 Å². The molecule has 0 unspecified atom stereocenters. The van der Waals surface area contributed by atoms with Crippen LogP contribution in [0.15, 0.2) is 59.2 Å². The maximum Gasteiger partial charge on any atom is 0.240 e. The predicted molar refractivity (Wildman–Crippen MR) is 108 cm³/mol. The molecule has 5 nitrogen and oxygen atoms in total. The lowest BCUT2D eigenvalue weighted by Gasteiger charge is -2.34. The van der Waals surface area contributed by atoms with Gasteiger partial charge >= 0.3 is 0 Å². The van der Waals surface area contributed by atoms with Crippen molar-refractivity contribution in [1.82, 2.24) is 4.90 Å². The van der Waals surface area contributed by atoms with Crippen molar-refractivity contribution in [3.63, 3.8) is 0 Å². The summed E-state index contributed by atoms with van der Waals surface area (Å²) in [6, 6.07) is 14.0. The van der Waals surface area contributed by atoms with Gasteiger partial charge in [-0.3, -0.25) is 14.4 Å². The molecular formula is C22H17BrN2O3. The first-order chi connectivity index (χ1) is 13.5. The zero-order chi connectivity index (χ0) is 19.6. The maximum atomic E-state index is 13.4. The number of imide groups is 1. The van der Waals surface area contributed by atoms with Crippen molar-refractivity contribution < 1.29 is 14.4 Å². The Kier molecular flexibility index (Phi) is 3.81. The van der Waals surface area contributed by atoms with Crippen molar-refractivity contribution in [2.24, 2.45) is 11.8 Å². The Morgan fingerprint density at radius 2 is 1.64 bits per heavy atom. The number of halogens is 1. The molecule has 2 fully saturated rings. The van der Waals surface area contributed by atoms with E-state index in [9.17, 15) is 14.4 Å². The molecule has 3 aliphatic rings. The number of fused-ring (bicyclic) bond motifs is 5. The Bertz CT molecular complexity index is 1050. The van der Waals surface area contributed by atoms with Crippen LogP contribution in [0.2, 0.25) is 0 Å². The minimum absolute atomic E-state index is 0.0969. The maximum absolute atomic E-state index is 13.4. The molecule has 140 valence electrons. The van der Waals surface area contributed by atoms with Gasteiger partial charge in [0.2, 0.25) is 11.8 Å². The van der Waals surface area contributed by atoms with E-state index >= 15 is 0 Å². The lowest BCUT2D eigenvalue weighted by molar-refractivity contribution is -0.129. The molecule has 0 N–H and O–H groups in total. The second-order valence-electron chi connectivity index (χ2n) is 7.43. The number of carbonyl (C=O) groups is 3. The Labute approximate surface area is 170 Å². The third kappa shape index (κ3) is 2.27. The molecule has 0 aromatic heterocycles. The molecule has 0 bridgehead atoms. The monoisotopic (exact) mass is 436 g/mol. The first-order valence-electron chi connectivity index (χ1n) is 9.17. The summed E-state index contributed by atoms with van der Waals surface area (Å²) < 4.78 is 0.870. The van der Waals surface area contributed by atoms with Gasteiger partial charge in [-0.2, -0.15) is 0 Å². The number of amides is 2. The summed E-state index contributed by atoms with van der Waals surface area (Å²) in [6.07, 6.45) is 3.81. The highest BCUT2D eigenvalue weighted by Gasteiger charge is 2.63. The normalized spacial score (nSPS) is 27.6.